The van der Waals surface area contributed by atoms with Crippen molar-refractivity contribution in [1.82, 2.24) is 9.88 Å². The van der Waals surface area contributed by atoms with Gasteiger partial charge in [0.05, 0.1) is 7.11 Å². The van der Waals surface area contributed by atoms with Crippen molar-refractivity contribution in [2.45, 2.75) is 25.4 Å². The van der Waals surface area contributed by atoms with Crippen molar-refractivity contribution in [3.63, 3.8) is 0 Å². The number of carbonyl (C=O) groups is 2. The lowest BCUT2D eigenvalue weighted by molar-refractivity contribution is 0.0688. The van der Waals surface area contributed by atoms with Gasteiger partial charge in [0.15, 0.2) is 5.69 Å². The highest BCUT2D eigenvalue weighted by Gasteiger charge is 2.34. The largest absolute Gasteiger partial charge is 0.497 e. The average Bonchev–Trinajstić information content (AvgIpc) is 3.43. The summed E-state index contributed by atoms with van der Waals surface area (Å²) in [6.45, 7) is 0.239. The predicted molar refractivity (Wildman–Crippen MR) is 87.0 cm³/mol. The van der Waals surface area contributed by atoms with E-state index in [1.165, 1.54) is 31.4 Å². The van der Waals surface area contributed by atoms with Gasteiger partial charge in [0.2, 0.25) is 0 Å². The van der Waals surface area contributed by atoms with E-state index in [1.807, 2.05) is 0 Å². The molecule has 1 amide bonds. The van der Waals surface area contributed by atoms with Crippen LogP contribution in [-0.2, 0) is 6.54 Å². The summed E-state index contributed by atoms with van der Waals surface area (Å²) < 4.78 is 18.5. The van der Waals surface area contributed by atoms with Crippen molar-refractivity contribution in [2.24, 2.45) is 0 Å². The highest BCUT2D eigenvalue weighted by Crippen LogP contribution is 2.30. The number of benzene rings is 1. The molecule has 1 saturated carbocycles. The van der Waals surface area contributed by atoms with Gasteiger partial charge in [0.25, 0.3) is 5.91 Å². The monoisotopic (exact) mass is 344 g/mol. The molecule has 3 rings (SSSR count). The Labute approximate surface area is 143 Å². The third-order valence-electron chi connectivity index (χ3n) is 3.96. The zero-order valence-corrected chi connectivity index (χ0v) is 13.6. The Morgan fingerprint density at radius 2 is 2.00 bits per heavy atom. The van der Waals surface area contributed by atoms with Crippen LogP contribution < -0.4 is 4.74 Å². The summed E-state index contributed by atoms with van der Waals surface area (Å²) in [7, 11) is 1.39. The number of carboxylic acids is 1. The minimum absolute atomic E-state index is 0.0000491. The van der Waals surface area contributed by atoms with Crippen LogP contribution in [0.15, 0.2) is 36.4 Å². The Hall–Kier alpha value is -2.96. The number of hydrogen-bond donors (Lipinski definition) is 1. The quantitative estimate of drug-likeness (QED) is 0.871. The van der Waals surface area contributed by atoms with Crippen molar-refractivity contribution < 1.29 is 23.8 Å². The summed E-state index contributed by atoms with van der Waals surface area (Å²) in [6, 6.07) is 8.78. The van der Waals surface area contributed by atoms with E-state index >= 15 is 0 Å². The van der Waals surface area contributed by atoms with E-state index in [2.05, 4.69) is 4.98 Å². The fraction of sp³-hybridized carbons (Fsp3) is 0.278. The van der Waals surface area contributed by atoms with Gasteiger partial charge in [-0.25, -0.2) is 14.2 Å². The normalized spacial score (nSPS) is 13.4. The number of aromatic nitrogens is 1. The molecule has 1 heterocycles. The summed E-state index contributed by atoms with van der Waals surface area (Å²) in [6.07, 6.45) is 1.72. The second-order valence-corrected chi connectivity index (χ2v) is 5.88. The lowest BCUT2D eigenvalue weighted by Crippen LogP contribution is -2.33. The lowest BCUT2D eigenvalue weighted by atomic mass is 10.2. The SMILES string of the molecule is COc1cc(C(=O)O)nc(C(=O)N(Cc2cccc(F)c2)C2CC2)c1. The van der Waals surface area contributed by atoms with Gasteiger partial charge in [-0.05, 0) is 30.5 Å². The first-order valence-corrected chi connectivity index (χ1v) is 7.82. The van der Waals surface area contributed by atoms with E-state index < -0.39 is 11.9 Å². The van der Waals surface area contributed by atoms with Gasteiger partial charge in [-0.1, -0.05) is 12.1 Å². The Morgan fingerprint density at radius 1 is 1.28 bits per heavy atom. The van der Waals surface area contributed by atoms with E-state index in [-0.39, 0.29) is 35.5 Å². The summed E-state index contributed by atoms with van der Waals surface area (Å²) in [5.41, 5.74) is 0.408. The second kappa shape index (κ2) is 6.88. The van der Waals surface area contributed by atoms with Crippen LogP contribution in [0.1, 0.15) is 39.4 Å². The van der Waals surface area contributed by atoms with Crippen LogP contribution in [0.25, 0.3) is 0 Å². The van der Waals surface area contributed by atoms with Crippen molar-refractivity contribution in [3.05, 3.63) is 59.2 Å². The molecule has 0 atom stereocenters. The average molecular weight is 344 g/mol. The van der Waals surface area contributed by atoms with E-state index in [1.54, 1.807) is 17.0 Å². The Morgan fingerprint density at radius 3 is 2.60 bits per heavy atom. The summed E-state index contributed by atoms with van der Waals surface area (Å²) in [5, 5.41) is 9.15. The summed E-state index contributed by atoms with van der Waals surface area (Å²) in [4.78, 5) is 29.6. The van der Waals surface area contributed by atoms with Crippen LogP contribution in [0.2, 0.25) is 0 Å². The zero-order valence-electron chi connectivity index (χ0n) is 13.6. The Bertz CT molecular complexity index is 820. The number of halogens is 1. The topological polar surface area (TPSA) is 79.7 Å². The molecule has 0 bridgehead atoms. The smallest absolute Gasteiger partial charge is 0.354 e. The molecular formula is C18H17FN2O4. The maximum atomic E-state index is 13.4. The number of ether oxygens (including phenoxy) is 1. The van der Waals surface area contributed by atoms with Crippen LogP contribution in [0.5, 0.6) is 5.75 Å². The second-order valence-electron chi connectivity index (χ2n) is 5.88. The molecule has 0 unspecified atom stereocenters. The first-order chi connectivity index (χ1) is 12.0. The molecule has 0 aliphatic heterocycles. The third-order valence-corrected chi connectivity index (χ3v) is 3.96. The molecule has 6 nitrogen and oxygen atoms in total. The maximum absolute atomic E-state index is 13.4. The van der Waals surface area contributed by atoms with Gasteiger partial charge < -0.3 is 14.7 Å². The van der Waals surface area contributed by atoms with Crippen LogP contribution in [0.4, 0.5) is 4.39 Å². The molecule has 130 valence electrons. The molecule has 1 N–H and O–H groups in total. The van der Waals surface area contributed by atoms with Crippen LogP contribution in [-0.4, -0.2) is 40.0 Å². The Balaban J connectivity index is 1.90. The number of hydrogen-bond acceptors (Lipinski definition) is 4. The van der Waals surface area contributed by atoms with Crippen molar-refractivity contribution in [3.8, 4) is 5.75 Å². The molecule has 0 radical (unpaired) electrons. The minimum Gasteiger partial charge on any atom is -0.497 e. The number of methoxy groups -OCH3 is 1. The van der Waals surface area contributed by atoms with Crippen LogP contribution in [0.3, 0.4) is 0 Å². The van der Waals surface area contributed by atoms with Gasteiger partial charge in [-0.2, -0.15) is 0 Å². The van der Waals surface area contributed by atoms with Gasteiger partial charge in [0.1, 0.15) is 17.3 Å². The number of carboxylic acid groups (broad SMARTS) is 1. The maximum Gasteiger partial charge on any atom is 0.354 e. The van der Waals surface area contributed by atoms with E-state index in [9.17, 15) is 14.0 Å². The van der Waals surface area contributed by atoms with Crippen molar-refractivity contribution >= 4 is 11.9 Å². The molecule has 1 fully saturated rings. The summed E-state index contributed by atoms with van der Waals surface area (Å²) >= 11 is 0. The zero-order chi connectivity index (χ0) is 18.0. The van der Waals surface area contributed by atoms with Gasteiger partial charge >= 0.3 is 5.97 Å². The predicted octanol–water partition coefficient (Wildman–Crippen LogP) is 2.73. The molecule has 1 aromatic heterocycles. The van der Waals surface area contributed by atoms with E-state index in [0.29, 0.717) is 5.56 Å². The molecule has 1 aliphatic rings. The lowest BCUT2D eigenvalue weighted by Gasteiger charge is -2.22. The third kappa shape index (κ3) is 3.93. The molecule has 2 aromatic rings. The van der Waals surface area contributed by atoms with Crippen LogP contribution >= 0.6 is 0 Å². The van der Waals surface area contributed by atoms with Crippen LogP contribution in [0, 0.1) is 5.82 Å². The minimum atomic E-state index is -1.24. The first-order valence-electron chi connectivity index (χ1n) is 7.82. The number of pyridine rings is 1. The highest BCUT2D eigenvalue weighted by atomic mass is 19.1. The fourth-order valence-corrected chi connectivity index (χ4v) is 2.57. The van der Waals surface area contributed by atoms with Gasteiger partial charge in [-0.15, -0.1) is 0 Å². The molecule has 0 saturated heterocycles. The van der Waals surface area contributed by atoms with E-state index in [4.69, 9.17) is 9.84 Å². The Kier molecular flexibility index (Phi) is 4.65. The first kappa shape index (κ1) is 16.9. The number of carbonyl (C=O) groups excluding carboxylic acids is 1. The molecule has 1 aliphatic carbocycles. The molecular weight excluding hydrogens is 327 g/mol. The fourth-order valence-electron chi connectivity index (χ4n) is 2.57. The standard InChI is InChI=1S/C18H17FN2O4/c1-25-14-8-15(20-16(9-14)18(23)24)17(22)21(13-5-6-13)10-11-3-2-4-12(19)7-11/h2-4,7-9,13H,5-6,10H2,1H3,(H,23,24). The van der Waals surface area contributed by atoms with Gasteiger partial charge in [-0.3, -0.25) is 4.79 Å². The van der Waals surface area contributed by atoms with Gasteiger partial charge in [0, 0.05) is 24.7 Å². The van der Waals surface area contributed by atoms with E-state index in [0.717, 1.165) is 12.8 Å². The van der Waals surface area contributed by atoms with Crippen molar-refractivity contribution in [1.29, 1.82) is 0 Å². The summed E-state index contributed by atoms with van der Waals surface area (Å²) in [5.74, 6) is -1.75. The molecule has 1 aromatic carbocycles. The molecule has 25 heavy (non-hydrogen) atoms. The number of rotatable bonds is 6. The number of aromatic carboxylic acids is 1. The number of amides is 1. The highest BCUT2D eigenvalue weighted by molar-refractivity contribution is 5.95. The molecule has 7 heteroatoms. The van der Waals surface area contributed by atoms with Crippen molar-refractivity contribution in [2.75, 3.05) is 7.11 Å². The molecule has 0 spiro atoms. The number of nitrogens with zero attached hydrogens (tertiary/aromatic N) is 2.